The Hall–Kier alpha value is -2.08. The smallest absolute Gasteiger partial charge is 0.269 e. The highest BCUT2D eigenvalue weighted by Gasteiger charge is 2.05. The van der Waals surface area contributed by atoms with Crippen molar-refractivity contribution in [1.82, 2.24) is 4.98 Å². The van der Waals surface area contributed by atoms with Crippen molar-refractivity contribution in [2.45, 2.75) is 17.6 Å². The van der Waals surface area contributed by atoms with Gasteiger partial charge < -0.3 is 5.32 Å². The zero-order chi connectivity index (χ0) is 14.4. The topological polar surface area (TPSA) is 68.1 Å². The standard InChI is InChI=1S/C14H15N3O2S/c1-2-15-14-5-3-4-11(16-14)10-20-13-8-6-12(7-9-13)17(18)19/h3-9H,2,10H2,1H3,(H,15,16). The number of rotatable bonds is 6. The lowest BCUT2D eigenvalue weighted by molar-refractivity contribution is -0.384. The number of nitrogens with one attached hydrogen (secondary N) is 1. The van der Waals surface area contributed by atoms with Gasteiger partial charge >= 0.3 is 0 Å². The molecule has 0 unspecified atom stereocenters. The highest BCUT2D eigenvalue weighted by atomic mass is 32.2. The van der Waals surface area contributed by atoms with Gasteiger partial charge in [-0.15, -0.1) is 11.8 Å². The number of nitrogens with zero attached hydrogens (tertiary/aromatic N) is 2. The van der Waals surface area contributed by atoms with Gasteiger partial charge in [-0.2, -0.15) is 0 Å². The number of pyridine rings is 1. The fourth-order valence-electron chi connectivity index (χ4n) is 1.66. The van der Waals surface area contributed by atoms with Crippen LogP contribution in [-0.2, 0) is 5.75 Å². The summed E-state index contributed by atoms with van der Waals surface area (Å²) in [6.07, 6.45) is 0. The number of benzene rings is 1. The van der Waals surface area contributed by atoms with Crippen LogP contribution in [0.15, 0.2) is 47.4 Å². The predicted octanol–water partition coefficient (Wildman–Crippen LogP) is 3.71. The Bertz CT molecular complexity index is 587. The molecule has 0 fully saturated rings. The van der Waals surface area contributed by atoms with Gasteiger partial charge in [-0.25, -0.2) is 4.98 Å². The molecule has 0 amide bonds. The summed E-state index contributed by atoms with van der Waals surface area (Å²) in [5, 5.41) is 13.7. The molecule has 0 saturated carbocycles. The van der Waals surface area contributed by atoms with Crippen LogP contribution < -0.4 is 5.32 Å². The number of anilines is 1. The highest BCUT2D eigenvalue weighted by Crippen LogP contribution is 2.24. The summed E-state index contributed by atoms with van der Waals surface area (Å²) in [7, 11) is 0. The summed E-state index contributed by atoms with van der Waals surface area (Å²) < 4.78 is 0. The molecule has 0 aliphatic heterocycles. The summed E-state index contributed by atoms with van der Waals surface area (Å²) in [5.41, 5.74) is 1.09. The maximum absolute atomic E-state index is 10.6. The van der Waals surface area contributed by atoms with E-state index in [4.69, 9.17) is 0 Å². The van der Waals surface area contributed by atoms with Crippen LogP contribution in [0.1, 0.15) is 12.6 Å². The second-order valence-corrected chi connectivity index (χ2v) is 5.13. The third-order valence-electron chi connectivity index (χ3n) is 2.60. The molecule has 5 nitrogen and oxygen atoms in total. The van der Waals surface area contributed by atoms with E-state index >= 15 is 0 Å². The predicted molar refractivity (Wildman–Crippen MR) is 81.1 cm³/mol. The molecule has 0 atom stereocenters. The van der Waals surface area contributed by atoms with Crippen LogP contribution in [0.5, 0.6) is 0 Å². The second kappa shape index (κ2) is 6.91. The molecule has 1 heterocycles. The Morgan fingerprint density at radius 3 is 2.65 bits per heavy atom. The minimum atomic E-state index is -0.393. The Kier molecular flexibility index (Phi) is 4.95. The number of non-ortho nitro benzene ring substituents is 1. The molecule has 20 heavy (non-hydrogen) atoms. The molecule has 1 aromatic carbocycles. The largest absolute Gasteiger partial charge is 0.370 e. The van der Waals surface area contributed by atoms with Crippen LogP contribution in [0.25, 0.3) is 0 Å². The van der Waals surface area contributed by atoms with Crippen molar-refractivity contribution in [3.05, 3.63) is 58.3 Å². The van der Waals surface area contributed by atoms with E-state index in [0.29, 0.717) is 0 Å². The average molecular weight is 289 g/mol. The molecule has 0 radical (unpaired) electrons. The average Bonchev–Trinajstić information content (AvgIpc) is 2.46. The first-order valence-corrected chi connectivity index (χ1v) is 7.24. The van der Waals surface area contributed by atoms with Gasteiger partial charge in [0.05, 0.1) is 10.6 Å². The van der Waals surface area contributed by atoms with E-state index in [1.54, 1.807) is 23.9 Å². The van der Waals surface area contributed by atoms with Crippen molar-refractivity contribution in [2.75, 3.05) is 11.9 Å². The van der Waals surface area contributed by atoms with Crippen molar-refractivity contribution in [2.24, 2.45) is 0 Å². The first-order valence-electron chi connectivity index (χ1n) is 6.26. The highest BCUT2D eigenvalue weighted by molar-refractivity contribution is 7.98. The number of nitro groups is 1. The van der Waals surface area contributed by atoms with Crippen LogP contribution in [0.3, 0.4) is 0 Å². The summed E-state index contributed by atoms with van der Waals surface area (Å²) >= 11 is 1.61. The minimum absolute atomic E-state index is 0.113. The van der Waals surface area contributed by atoms with Gasteiger partial charge in [-0.3, -0.25) is 10.1 Å². The maximum atomic E-state index is 10.6. The Balaban J connectivity index is 1.97. The van der Waals surface area contributed by atoms with Crippen molar-refractivity contribution >= 4 is 23.3 Å². The SMILES string of the molecule is CCNc1cccc(CSc2ccc([N+](=O)[O-])cc2)n1. The first-order chi connectivity index (χ1) is 9.69. The summed E-state index contributed by atoms with van der Waals surface area (Å²) in [6.45, 7) is 2.87. The van der Waals surface area contributed by atoms with Crippen molar-refractivity contribution in [3.63, 3.8) is 0 Å². The van der Waals surface area contributed by atoms with Crippen LogP contribution in [0.2, 0.25) is 0 Å². The lowest BCUT2D eigenvalue weighted by Crippen LogP contribution is -2.00. The quantitative estimate of drug-likeness (QED) is 0.499. The van der Waals surface area contributed by atoms with Gasteiger partial charge in [0, 0.05) is 29.3 Å². The maximum Gasteiger partial charge on any atom is 0.269 e. The van der Waals surface area contributed by atoms with Gasteiger partial charge in [0.1, 0.15) is 5.82 Å². The summed E-state index contributed by atoms with van der Waals surface area (Å²) in [5.74, 6) is 1.60. The molecule has 6 heteroatoms. The zero-order valence-corrected chi connectivity index (χ0v) is 11.9. The molecule has 0 spiro atoms. The van der Waals surface area contributed by atoms with Crippen LogP contribution >= 0.6 is 11.8 Å². The van der Waals surface area contributed by atoms with Crippen molar-refractivity contribution in [1.29, 1.82) is 0 Å². The van der Waals surface area contributed by atoms with Crippen molar-refractivity contribution < 1.29 is 4.92 Å². The van der Waals surface area contributed by atoms with Gasteiger partial charge in [0.15, 0.2) is 0 Å². The zero-order valence-electron chi connectivity index (χ0n) is 11.1. The number of hydrogen-bond donors (Lipinski definition) is 1. The molecule has 0 aliphatic rings. The molecule has 2 aromatic rings. The normalized spacial score (nSPS) is 10.2. The van der Waals surface area contributed by atoms with Crippen LogP contribution in [-0.4, -0.2) is 16.5 Å². The van der Waals surface area contributed by atoms with E-state index in [9.17, 15) is 10.1 Å². The third-order valence-corrected chi connectivity index (χ3v) is 3.64. The van der Waals surface area contributed by atoms with Crippen LogP contribution in [0.4, 0.5) is 11.5 Å². The second-order valence-electron chi connectivity index (χ2n) is 4.08. The fraction of sp³-hybridized carbons (Fsp3) is 0.214. The number of hydrogen-bond acceptors (Lipinski definition) is 5. The van der Waals surface area contributed by atoms with Gasteiger partial charge in [-0.05, 0) is 31.2 Å². The Morgan fingerprint density at radius 1 is 1.25 bits per heavy atom. The third kappa shape index (κ3) is 3.96. The van der Waals surface area contributed by atoms with E-state index < -0.39 is 4.92 Å². The summed E-state index contributed by atoms with van der Waals surface area (Å²) in [6, 6.07) is 12.4. The van der Waals surface area contributed by atoms with Gasteiger partial charge in [-0.1, -0.05) is 6.07 Å². The van der Waals surface area contributed by atoms with E-state index in [1.165, 1.54) is 12.1 Å². The van der Waals surface area contributed by atoms with Gasteiger partial charge in [0.25, 0.3) is 5.69 Å². The fourth-order valence-corrected chi connectivity index (χ4v) is 2.46. The van der Waals surface area contributed by atoms with E-state index in [0.717, 1.165) is 28.7 Å². The molecule has 2 rings (SSSR count). The monoisotopic (exact) mass is 289 g/mol. The molecule has 0 aliphatic carbocycles. The minimum Gasteiger partial charge on any atom is -0.370 e. The van der Waals surface area contributed by atoms with E-state index in [-0.39, 0.29) is 5.69 Å². The molecular weight excluding hydrogens is 274 g/mol. The Morgan fingerprint density at radius 2 is 2.00 bits per heavy atom. The molecule has 1 N–H and O–H groups in total. The molecular formula is C14H15N3O2S. The number of aromatic nitrogens is 1. The molecule has 0 bridgehead atoms. The number of thioether (sulfide) groups is 1. The molecule has 0 saturated heterocycles. The molecule has 1 aromatic heterocycles. The Labute approximate surface area is 121 Å². The number of nitro benzene ring substituents is 1. The lowest BCUT2D eigenvalue weighted by atomic mass is 10.3. The van der Waals surface area contributed by atoms with E-state index in [1.807, 2.05) is 25.1 Å². The molecule has 104 valence electrons. The first kappa shape index (κ1) is 14.3. The van der Waals surface area contributed by atoms with Gasteiger partial charge in [0.2, 0.25) is 0 Å². The summed E-state index contributed by atoms with van der Waals surface area (Å²) in [4.78, 5) is 15.7. The van der Waals surface area contributed by atoms with E-state index in [2.05, 4.69) is 10.3 Å². The van der Waals surface area contributed by atoms with Crippen LogP contribution in [0, 0.1) is 10.1 Å². The van der Waals surface area contributed by atoms with Crippen molar-refractivity contribution in [3.8, 4) is 0 Å². The lowest BCUT2D eigenvalue weighted by Gasteiger charge is -2.05.